The van der Waals surface area contributed by atoms with Crippen LogP contribution >= 0.6 is 0 Å². The van der Waals surface area contributed by atoms with Crippen molar-refractivity contribution in [2.24, 2.45) is 0 Å². The van der Waals surface area contributed by atoms with Crippen LogP contribution in [0.2, 0.25) is 0 Å². The minimum absolute atomic E-state index is 0.0388. The van der Waals surface area contributed by atoms with E-state index in [2.05, 4.69) is 0 Å². The summed E-state index contributed by atoms with van der Waals surface area (Å²) in [5.41, 5.74) is 1.05. The van der Waals surface area contributed by atoms with Gasteiger partial charge < -0.3 is 15.3 Å². The number of aliphatic hydroxyl groups excluding tert-OH is 1. The van der Waals surface area contributed by atoms with E-state index in [-0.39, 0.29) is 12.3 Å². The molecule has 0 radical (unpaired) electrons. The maximum absolute atomic E-state index is 11.3. The van der Waals surface area contributed by atoms with E-state index in [0.29, 0.717) is 17.7 Å². The molecule has 1 heterocycles. The molecule has 5 nitrogen and oxygen atoms in total. The number of aliphatic hydroxyl groups is 1. The van der Waals surface area contributed by atoms with Gasteiger partial charge in [0.25, 0.3) is 0 Å². The van der Waals surface area contributed by atoms with Crippen molar-refractivity contribution >= 4 is 5.97 Å². The zero-order valence-corrected chi connectivity index (χ0v) is 9.50. The number of carboxylic acids is 1. The van der Waals surface area contributed by atoms with E-state index in [1.165, 1.54) is 12.1 Å². The molecule has 2 rings (SSSR count). The molecule has 0 aliphatic carbocycles. The van der Waals surface area contributed by atoms with Gasteiger partial charge in [-0.3, -0.25) is 9.69 Å². The number of aromatic hydroxyl groups is 1. The second kappa shape index (κ2) is 4.35. The van der Waals surface area contributed by atoms with E-state index < -0.39 is 18.1 Å². The minimum atomic E-state index is -0.939. The summed E-state index contributed by atoms with van der Waals surface area (Å²) >= 11 is 0. The number of likely N-dealkylation sites (N-methyl/N-ethyl adjacent to an activating group) is 1. The molecule has 1 aliphatic rings. The van der Waals surface area contributed by atoms with Crippen LogP contribution < -0.4 is 0 Å². The smallest absolute Gasteiger partial charge is 0.325 e. The Balaban J connectivity index is 2.52. The van der Waals surface area contributed by atoms with Crippen LogP contribution in [0.15, 0.2) is 18.2 Å². The Kier molecular flexibility index (Phi) is 3.04. The van der Waals surface area contributed by atoms with Gasteiger partial charge in [0.05, 0.1) is 6.10 Å². The van der Waals surface area contributed by atoms with Crippen LogP contribution in [0.3, 0.4) is 0 Å². The SMILES string of the molecule is CCN1CC(O)c2cc(O)ccc2C1C(=O)O. The number of phenolic OH excluding ortho intramolecular Hbond substituents is 1. The molecule has 1 aromatic rings. The average Bonchev–Trinajstić information content (AvgIpc) is 2.28. The summed E-state index contributed by atoms with van der Waals surface area (Å²) < 4.78 is 0. The minimum Gasteiger partial charge on any atom is -0.508 e. The first-order valence-corrected chi connectivity index (χ1v) is 5.52. The number of rotatable bonds is 2. The van der Waals surface area contributed by atoms with Crippen molar-refractivity contribution in [2.45, 2.75) is 19.1 Å². The van der Waals surface area contributed by atoms with Crippen LogP contribution in [0, 0.1) is 0 Å². The van der Waals surface area contributed by atoms with Gasteiger partial charge in [-0.1, -0.05) is 13.0 Å². The molecule has 0 aromatic heterocycles. The number of benzene rings is 1. The van der Waals surface area contributed by atoms with Crippen molar-refractivity contribution in [1.29, 1.82) is 0 Å². The lowest BCUT2D eigenvalue weighted by atomic mass is 9.90. The number of β-amino-alcohol motifs (C(OH)–C–C–N with tert-alkyl or cyclic N) is 1. The molecule has 0 fully saturated rings. The van der Waals surface area contributed by atoms with E-state index in [1.54, 1.807) is 11.0 Å². The molecule has 0 spiro atoms. The molecule has 1 aromatic carbocycles. The third-order valence-electron chi connectivity index (χ3n) is 3.14. The first kappa shape index (κ1) is 11.9. The number of fused-ring (bicyclic) bond motifs is 1. The molecular formula is C12H15NO4. The third-order valence-corrected chi connectivity index (χ3v) is 3.14. The van der Waals surface area contributed by atoms with Crippen molar-refractivity contribution in [2.75, 3.05) is 13.1 Å². The maximum Gasteiger partial charge on any atom is 0.325 e. The molecule has 0 amide bonds. The molecular weight excluding hydrogens is 222 g/mol. The fourth-order valence-corrected chi connectivity index (χ4v) is 2.32. The fourth-order valence-electron chi connectivity index (χ4n) is 2.32. The fraction of sp³-hybridized carbons (Fsp3) is 0.417. The van der Waals surface area contributed by atoms with Crippen molar-refractivity contribution in [3.63, 3.8) is 0 Å². The molecule has 0 saturated heterocycles. The van der Waals surface area contributed by atoms with Gasteiger partial charge in [0.15, 0.2) is 0 Å². The van der Waals surface area contributed by atoms with Crippen molar-refractivity contribution < 1.29 is 20.1 Å². The third kappa shape index (κ3) is 1.99. The summed E-state index contributed by atoms with van der Waals surface area (Å²) in [6.45, 7) is 2.67. The van der Waals surface area contributed by atoms with Gasteiger partial charge in [-0.25, -0.2) is 0 Å². The molecule has 2 atom stereocenters. The Hall–Kier alpha value is -1.59. The predicted octanol–water partition coefficient (Wildman–Crippen LogP) is 0.887. The summed E-state index contributed by atoms with van der Waals surface area (Å²) in [5.74, 6) is -0.900. The quantitative estimate of drug-likeness (QED) is 0.711. The summed E-state index contributed by atoms with van der Waals surface area (Å²) in [5, 5.41) is 28.6. The second-order valence-electron chi connectivity index (χ2n) is 4.16. The zero-order chi connectivity index (χ0) is 12.6. The Morgan fingerprint density at radius 3 is 2.76 bits per heavy atom. The standard InChI is InChI=1S/C12H15NO4/c1-2-13-6-10(15)9-5-7(14)3-4-8(9)11(13)12(16)17/h3-5,10-11,14-15H,2,6H2,1H3,(H,16,17). The summed E-state index contributed by atoms with van der Waals surface area (Å²) in [4.78, 5) is 13.0. The van der Waals surface area contributed by atoms with E-state index in [4.69, 9.17) is 0 Å². The largest absolute Gasteiger partial charge is 0.508 e. The first-order chi connectivity index (χ1) is 8.04. The van der Waals surface area contributed by atoms with Gasteiger partial charge in [-0.05, 0) is 29.8 Å². The van der Waals surface area contributed by atoms with Crippen LogP contribution in [-0.4, -0.2) is 39.3 Å². The van der Waals surface area contributed by atoms with Crippen LogP contribution in [0.5, 0.6) is 5.75 Å². The van der Waals surface area contributed by atoms with Gasteiger partial charge in [0.1, 0.15) is 11.8 Å². The first-order valence-electron chi connectivity index (χ1n) is 5.52. The van der Waals surface area contributed by atoms with Gasteiger partial charge in [0, 0.05) is 6.54 Å². The predicted molar refractivity (Wildman–Crippen MR) is 60.7 cm³/mol. The molecule has 17 heavy (non-hydrogen) atoms. The van der Waals surface area contributed by atoms with Crippen LogP contribution in [-0.2, 0) is 4.79 Å². The number of phenols is 1. The van der Waals surface area contributed by atoms with E-state index in [9.17, 15) is 20.1 Å². The normalized spacial score (nSPS) is 24.4. The highest BCUT2D eigenvalue weighted by Crippen LogP contribution is 2.36. The lowest BCUT2D eigenvalue weighted by Crippen LogP contribution is -2.41. The number of nitrogens with zero attached hydrogens (tertiary/aromatic N) is 1. The Morgan fingerprint density at radius 2 is 2.18 bits per heavy atom. The average molecular weight is 237 g/mol. The summed E-state index contributed by atoms with van der Waals surface area (Å²) in [6.07, 6.45) is -0.757. The monoisotopic (exact) mass is 237 g/mol. The van der Waals surface area contributed by atoms with E-state index in [0.717, 1.165) is 0 Å². The number of hydrogen-bond donors (Lipinski definition) is 3. The van der Waals surface area contributed by atoms with Crippen LogP contribution in [0.4, 0.5) is 0 Å². The molecule has 1 aliphatic heterocycles. The van der Waals surface area contributed by atoms with Gasteiger partial charge in [-0.15, -0.1) is 0 Å². The number of carbonyl (C=O) groups is 1. The number of aliphatic carboxylic acids is 1. The second-order valence-corrected chi connectivity index (χ2v) is 4.16. The van der Waals surface area contributed by atoms with Crippen molar-refractivity contribution in [3.05, 3.63) is 29.3 Å². The summed E-state index contributed by atoms with van der Waals surface area (Å²) in [6, 6.07) is 3.69. The van der Waals surface area contributed by atoms with Gasteiger partial charge >= 0.3 is 5.97 Å². The lowest BCUT2D eigenvalue weighted by Gasteiger charge is -2.36. The molecule has 3 N–H and O–H groups in total. The van der Waals surface area contributed by atoms with Crippen LogP contribution in [0.25, 0.3) is 0 Å². The molecule has 0 bridgehead atoms. The summed E-state index contributed by atoms with van der Waals surface area (Å²) in [7, 11) is 0. The Bertz CT molecular complexity index is 446. The maximum atomic E-state index is 11.3. The van der Waals surface area contributed by atoms with Gasteiger partial charge in [0.2, 0.25) is 0 Å². The highest BCUT2D eigenvalue weighted by molar-refractivity contribution is 5.77. The van der Waals surface area contributed by atoms with Crippen molar-refractivity contribution in [1.82, 2.24) is 4.90 Å². The van der Waals surface area contributed by atoms with E-state index >= 15 is 0 Å². The molecule has 92 valence electrons. The lowest BCUT2D eigenvalue weighted by molar-refractivity contribution is -0.144. The highest BCUT2D eigenvalue weighted by atomic mass is 16.4. The molecule has 2 unspecified atom stereocenters. The van der Waals surface area contributed by atoms with E-state index in [1.807, 2.05) is 6.92 Å². The number of hydrogen-bond acceptors (Lipinski definition) is 4. The molecule has 0 saturated carbocycles. The Labute approximate surface area is 98.9 Å². The molecule has 5 heteroatoms. The van der Waals surface area contributed by atoms with Gasteiger partial charge in [-0.2, -0.15) is 0 Å². The highest BCUT2D eigenvalue weighted by Gasteiger charge is 2.35. The van der Waals surface area contributed by atoms with Crippen molar-refractivity contribution in [3.8, 4) is 5.75 Å². The topological polar surface area (TPSA) is 81.0 Å². The number of carboxylic acid groups (broad SMARTS) is 1. The Morgan fingerprint density at radius 1 is 1.47 bits per heavy atom. The van der Waals surface area contributed by atoms with Crippen LogP contribution in [0.1, 0.15) is 30.2 Å². The zero-order valence-electron chi connectivity index (χ0n) is 9.50.